The average Bonchev–Trinajstić information content (AvgIpc) is 3.34. The van der Waals surface area contributed by atoms with Crippen LogP contribution in [0.4, 0.5) is 5.82 Å². The van der Waals surface area contributed by atoms with Gasteiger partial charge in [0.1, 0.15) is 11.8 Å². The molecule has 146 valence electrons. The van der Waals surface area contributed by atoms with Crippen molar-refractivity contribution in [3.05, 3.63) is 47.7 Å². The fraction of sp³-hybridized carbons (Fsp3) is 0.350. The number of nitrogens with zero attached hydrogens (tertiary/aromatic N) is 2. The molecule has 1 fully saturated rings. The van der Waals surface area contributed by atoms with E-state index in [1.54, 1.807) is 0 Å². The van der Waals surface area contributed by atoms with Gasteiger partial charge in [0.05, 0.1) is 18.0 Å². The minimum absolute atomic E-state index is 0.0101. The van der Waals surface area contributed by atoms with Crippen LogP contribution in [0.15, 0.2) is 36.4 Å². The number of hydrogen-bond donors (Lipinski definition) is 4. The number of benzene rings is 1. The Morgan fingerprint density at radius 3 is 2.96 bits per heavy atom. The van der Waals surface area contributed by atoms with Crippen LogP contribution in [0.3, 0.4) is 0 Å². The fourth-order valence-corrected chi connectivity index (χ4v) is 3.35. The highest BCUT2D eigenvalue weighted by atomic mass is 16.5. The van der Waals surface area contributed by atoms with Crippen molar-refractivity contribution in [3.8, 4) is 5.75 Å². The number of H-pyrrole nitrogens is 1. The first kappa shape index (κ1) is 18.4. The SMILES string of the molecule is CCCOc1ccccc1C1CC(C(=O)Nc2n[nH]c3nc(C)ccc23)NN1. The Bertz CT molecular complexity index is 986. The number of carbonyl (C=O) groups excluding carboxylic acids is 1. The number of hydrazine groups is 1. The van der Waals surface area contributed by atoms with Crippen LogP contribution in [0.2, 0.25) is 0 Å². The topological polar surface area (TPSA) is 104 Å². The second-order valence-electron chi connectivity index (χ2n) is 6.93. The van der Waals surface area contributed by atoms with E-state index in [0.717, 1.165) is 28.8 Å². The van der Waals surface area contributed by atoms with Crippen molar-refractivity contribution < 1.29 is 9.53 Å². The third-order valence-electron chi connectivity index (χ3n) is 4.78. The molecule has 1 aliphatic rings. The van der Waals surface area contributed by atoms with Crippen molar-refractivity contribution in [1.29, 1.82) is 0 Å². The van der Waals surface area contributed by atoms with Crippen LogP contribution >= 0.6 is 0 Å². The third-order valence-corrected chi connectivity index (χ3v) is 4.78. The zero-order chi connectivity index (χ0) is 19.5. The first-order chi connectivity index (χ1) is 13.7. The maximum absolute atomic E-state index is 12.7. The molecule has 1 saturated heterocycles. The van der Waals surface area contributed by atoms with Crippen molar-refractivity contribution in [1.82, 2.24) is 26.0 Å². The number of pyridine rings is 1. The number of carbonyl (C=O) groups is 1. The molecule has 8 heteroatoms. The number of aryl methyl sites for hydroxylation is 1. The Labute approximate surface area is 163 Å². The zero-order valence-electron chi connectivity index (χ0n) is 16.0. The highest BCUT2D eigenvalue weighted by molar-refractivity contribution is 6.01. The third kappa shape index (κ3) is 3.69. The molecule has 4 N–H and O–H groups in total. The number of para-hydroxylation sites is 1. The maximum Gasteiger partial charge on any atom is 0.244 e. The largest absolute Gasteiger partial charge is 0.493 e. The summed E-state index contributed by atoms with van der Waals surface area (Å²) in [5.41, 5.74) is 8.90. The number of hydrogen-bond acceptors (Lipinski definition) is 6. The predicted molar refractivity (Wildman–Crippen MR) is 107 cm³/mol. The first-order valence-corrected chi connectivity index (χ1v) is 9.51. The molecule has 0 spiro atoms. The summed E-state index contributed by atoms with van der Waals surface area (Å²) < 4.78 is 5.85. The number of aromatic nitrogens is 3. The molecule has 2 atom stereocenters. The second-order valence-corrected chi connectivity index (χ2v) is 6.93. The first-order valence-electron chi connectivity index (χ1n) is 9.51. The molecule has 3 aromatic rings. The Balaban J connectivity index is 1.45. The van der Waals surface area contributed by atoms with Gasteiger partial charge in [0.25, 0.3) is 0 Å². The molecule has 1 amide bonds. The summed E-state index contributed by atoms with van der Waals surface area (Å²) in [4.78, 5) is 17.1. The van der Waals surface area contributed by atoms with Gasteiger partial charge in [0, 0.05) is 11.3 Å². The van der Waals surface area contributed by atoms with E-state index >= 15 is 0 Å². The zero-order valence-corrected chi connectivity index (χ0v) is 16.0. The molecule has 1 aliphatic heterocycles. The minimum Gasteiger partial charge on any atom is -0.493 e. The van der Waals surface area contributed by atoms with Crippen LogP contribution in [0.25, 0.3) is 11.0 Å². The van der Waals surface area contributed by atoms with Gasteiger partial charge >= 0.3 is 0 Å². The number of fused-ring (bicyclic) bond motifs is 1. The van der Waals surface area contributed by atoms with Gasteiger partial charge < -0.3 is 10.1 Å². The highest BCUT2D eigenvalue weighted by Gasteiger charge is 2.32. The number of rotatable bonds is 6. The number of amides is 1. The Morgan fingerprint density at radius 1 is 1.25 bits per heavy atom. The molecule has 8 nitrogen and oxygen atoms in total. The van der Waals surface area contributed by atoms with E-state index in [2.05, 4.69) is 38.3 Å². The van der Waals surface area contributed by atoms with Gasteiger partial charge in [-0.1, -0.05) is 25.1 Å². The van der Waals surface area contributed by atoms with Gasteiger partial charge in [-0.3, -0.25) is 9.89 Å². The molecule has 2 unspecified atom stereocenters. The molecule has 0 radical (unpaired) electrons. The molecular formula is C20H24N6O2. The number of nitrogens with one attached hydrogen (secondary N) is 4. The van der Waals surface area contributed by atoms with Gasteiger partial charge in [0.15, 0.2) is 11.5 Å². The normalized spacial score (nSPS) is 19.1. The second kappa shape index (κ2) is 7.95. The summed E-state index contributed by atoms with van der Waals surface area (Å²) in [5, 5.41) is 10.7. The van der Waals surface area contributed by atoms with E-state index < -0.39 is 0 Å². The lowest BCUT2D eigenvalue weighted by atomic mass is 10.0. The smallest absolute Gasteiger partial charge is 0.244 e. The van der Waals surface area contributed by atoms with Gasteiger partial charge in [0.2, 0.25) is 5.91 Å². The van der Waals surface area contributed by atoms with E-state index in [4.69, 9.17) is 4.74 Å². The summed E-state index contributed by atoms with van der Waals surface area (Å²) in [6, 6.07) is 11.3. The number of anilines is 1. The van der Waals surface area contributed by atoms with Gasteiger partial charge in [-0.25, -0.2) is 15.8 Å². The van der Waals surface area contributed by atoms with Crippen LogP contribution in [0.1, 0.15) is 37.1 Å². The molecule has 4 rings (SSSR count). The highest BCUT2D eigenvalue weighted by Crippen LogP contribution is 2.30. The predicted octanol–water partition coefficient (Wildman–Crippen LogP) is 2.60. The lowest BCUT2D eigenvalue weighted by molar-refractivity contribution is -0.117. The monoisotopic (exact) mass is 380 g/mol. The van der Waals surface area contributed by atoms with Crippen molar-refractivity contribution in [2.24, 2.45) is 0 Å². The summed E-state index contributed by atoms with van der Waals surface area (Å²) in [6.07, 6.45) is 1.56. The van der Waals surface area contributed by atoms with Crippen LogP contribution in [-0.2, 0) is 4.79 Å². The van der Waals surface area contributed by atoms with Crippen LogP contribution in [0, 0.1) is 6.92 Å². The standard InChI is InChI=1S/C20H24N6O2/c1-3-10-28-17-7-5-4-6-13(17)15-11-16(24-23-15)20(27)22-19-14-9-8-12(2)21-18(14)25-26-19/h4-9,15-16,23-24H,3,10-11H2,1-2H3,(H2,21,22,25,26,27). The molecular weight excluding hydrogens is 356 g/mol. The van der Waals surface area contributed by atoms with Crippen LogP contribution < -0.4 is 20.9 Å². The van der Waals surface area contributed by atoms with Crippen LogP contribution in [0.5, 0.6) is 5.75 Å². The van der Waals surface area contributed by atoms with Gasteiger partial charge in [-0.05, 0) is 38.0 Å². The Kier molecular flexibility index (Phi) is 5.23. The average molecular weight is 380 g/mol. The van der Waals surface area contributed by atoms with E-state index in [1.807, 2.05) is 43.3 Å². The summed E-state index contributed by atoms with van der Waals surface area (Å²) in [7, 11) is 0. The van der Waals surface area contributed by atoms with E-state index in [9.17, 15) is 4.79 Å². The van der Waals surface area contributed by atoms with Gasteiger partial charge in [-0.2, -0.15) is 5.10 Å². The Morgan fingerprint density at radius 2 is 2.11 bits per heavy atom. The lowest BCUT2D eigenvalue weighted by Crippen LogP contribution is -2.39. The molecule has 1 aromatic carbocycles. The lowest BCUT2D eigenvalue weighted by Gasteiger charge is -2.15. The van der Waals surface area contributed by atoms with E-state index in [0.29, 0.717) is 24.5 Å². The molecule has 2 aromatic heterocycles. The number of aromatic amines is 1. The minimum atomic E-state index is -0.380. The quantitative estimate of drug-likeness (QED) is 0.524. The molecule has 3 heterocycles. The van der Waals surface area contributed by atoms with E-state index in [1.165, 1.54) is 0 Å². The van der Waals surface area contributed by atoms with E-state index in [-0.39, 0.29) is 18.0 Å². The molecule has 0 aliphatic carbocycles. The summed E-state index contributed by atoms with van der Waals surface area (Å²) >= 11 is 0. The summed E-state index contributed by atoms with van der Waals surface area (Å²) in [5.74, 6) is 1.20. The Hall–Kier alpha value is -2.97. The summed E-state index contributed by atoms with van der Waals surface area (Å²) in [6.45, 7) is 4.66. The van der Waals surface area contributed by atoms with Crippen molar-refractivity contribution >= 4 is 22.8 Å². The maximum atomic E-state index is 12.7. The molecule has 0 bridgehead atoms. The molecule has 28 heavy (non-hydrogen) atoms. The molecule has 0 saturated carbocycles. The van der Waals surface area contributed by atoms with Crippen molar-refractivity contribution in [2.75, 3.05) is 11.9 Å². The van der Waals surface area contributed by atoms with Crippen molar-refractivity contribution in [2.45, 2.75) is 38.8 Å². The van der Waals surface area contributed by atoms with Gasteiger partial charge in [-0.15, -0.1) is 0 Å². The van der Waals surface area contributed by atoms with Crippen LogP contribution in [-0.4, -0.2) is 33.7 Å². The fourth-order valence-electron chi connectivity index (χ4n) is 3.35. The number of ether oxygens (including phenoxy) is 1. The van der Waals surface area contributed by atoms with Crippen molar-refractivity contribution in [3.63, 3.8) is 0 Å².